The lowest BCUT2D eigenvalue weighted by Crippen LogP contribution is -2.26. The van der Waals surface area contributed by atoms with E-state index in [-0.39, 0.29) is 12.0 Å². The molecular formula is C17H20N2O4. The van der Waals surface area contributed by atoms with Gasteiger partial charge in [-0.2, -0.15) is 5.10 Å². The third-order valence-corrected chi connectivity index (χ3v) is 4.51. The maximum absolute atomic E-state index is 11.9. The average Bonchev–Trinajstić information content (AvgIpc) is 2.95. The van der Waals surface area contributed by atoms with Crippen LogP contribution in [0.5, 0.6) is 5.75 Å². The van der Waals surface area contributed by atoms with Crippen LogP contribution in [-0.4, -0.2) is 35.8 Å². The summed E-state index contributed by atoms with van der Waals surface area (Å²) in [7, 11) is 2.86. The molecule has 1 aliphatic rings. The summed E-state index contributed by atoms with van der Waals surface area (Å²) in [6.45, 7) is 2.08. The Kier molecular flexibility index (Phi) is 4.07. The molecule has 2 atom stereocenters. The van der Waals surface area contributed by atoms with Gasteiger partial charge in [0.25, 0.3) is 0 Å². The number of methoxy groups -OCH3 is 2. The molecule has 0 amide bonds. The van der Waals surface area contributed by atoms with Crippen LogP contribution in [0.15, 0.2) is 18.3 Å². The topological polar surface area (TPSA) is 70.4 Å². The lowest BCUT2D eigenvalue weighted by molar-refractivity contribution is -0.122. The number of esters is 1. The number of ketones is 1. The van der Waals surface area contributed by atoms with E-state index in [1.807, 2.05) is 10.9 Å². The van der Waals surface area contributed by atoms with Gasteiger partial charge in [0.15, 0.2) is 0 Å². The summed E-state index contributed by atoms with van der Waals surface area (Å²) in [5.41, 5.74) is 1.15. The maximum atomic E-state index is 11.9. The van der Waals surface area contributed by atoms with Crippen molar-refractivity contribution >= 4 is 22.7 Å². The Morgan fingerprint density at radius 2 is 2.13 bits per heavy atom. The Hall–Kier alpha value is -2.37. The lowest BCUT2D eigenvalue weighted by atomic mass is 9.85. The Bertz CT molecular complexity index is 765. The molecule has 1 saturated carbocycles. The maximum Gasteiger partial charge on any atom is 0.341 e. The molecule has 0 radical (unpaired) electrons. The van der Waals surface area contributed by atoms with E-state index in [4.69, 9.17) is 9.47 Å². The van der Waals surface area contributed by atoms with Gasteiger partial charge < -0.3 is 9.47 Å². The van der Waals surface area contributed by atoms with Crippen molar-refractivity contribution in [1.29, 1.82) is 0 Å². The van der Waals surface area contributed by atoms with Crippen molar-refractivity contribution in [1.82, 2.24) is 9.78 Å². The smallest absolute Gasteiger partial charge is 0.341 e. The number of rotatable bonds is 3. The van der Waals surface area contributed by atoms with Gasteiger partial charge in [0.1, 0.15) is 17.1 Å². The zero-order valence-corrected chi connectivity index (χ0v) is 13.5. The molecule has 3 rings (SSSR count). The van der Waals surface area contributed by atoms with Crippen LogP contribution >= 0.6 is 0 Å². The number of Topliss-reactive ketones (excluding diaryl/α,β-unsaturated/α-hetero) is 1. The summed E-state index contributed by atoms with van der Waals surface area (Å²) in [6.07, 6.45) is 3.92. The number of ether oxygens (including phenoxy) is 2. The predicted octanol–water partition coefficient (Wildman–Crippen LogP) is 2.76. The molecule has 0 aliphatic heterocycles. The fourth-order valence-electron chi connectivity index (χ4n) is 3.26. The molecule has 0 saturated heterocycles. The molecule has 1 aromatic heterocycles. The Morgan fingerprint density at radius 3 is 2.78 bits per heavy atom. The Morgan fingerprint density at radius 1 is 1.35 bits per heavy atom. The molecule has 6 heteroatoms. The van der Waals surface area contributed by atoms with Gasteiger partial charge in [-0.15, -0.1) is 0 Å². The van der Waals surface area contributed by atoms with Crippen molar-refractivity contribution in [2.24, 2.45) is 5.92 Å². The second-order valence-electron chi connectivity index (χ2n) is 6.04. The zero-order chi connectivity index (χ0) is 16.6. The number of benzene rings is 1. The Balaban J connectivity index is 2.01. The summed E-state index contributed by atoms with van der Waals surface area (Å²) in [4.78, 5) is 23.4. The molecule has 0 unspecified atom stereocenters. The molecule has 0 spiro atoms. The van der Waals surface area contributed by atoms with Crippen LogP contribution in [-0.2, 0) is 9.53 Å². The minimum Gasteiger partial charge on any atom is -0.496 e. The van der Waals surface area contributed by atoms with E-state index in [1.54, 1.807) is 12.1 Å². The summed E-state index contributed by atoms with van der Waals surface area (Å²) in [6, 6.07) is 3.69. The predicted molar refractivity (Wildman–Crippen MR) is 84.7 cm³/mol. The summed E-state index contributed by atoms with van der Waals surface area (Å²) in [5, 5.41) is 5.48. The second-order valence-corrected chi connectivity index (χ2v) is 6.04. The number of carbonyl (C=O) groups excluding carboxylic acids is 2. The highest BCUT2D eigenvalue weighted by atomic mass is 16.5. The van der Waals surface area contributed by atoms with Crippen LogP contribution in [0.1, 0.15) is 42.6 Å². The van der Waals surface area contributed by atoms with Crippen LogP contribution in [0, 0.1) is 5.92 Å². The van der Waals surface area contributed by atoms with E-state index in [0.717, 1.165) is 17.3 Å². The Labute approximate surface area is 134 Å². The minimum atomic E-state index is -0.437. The minimum absolute atomic E-state index is 0.202. The normalized spacial score (nSPS) is 21.4. The molecular weight excluding hydrogens is 296 g/mol. The van der Waals surface area contributed by atoms with Gasteiger partial charge in [-0.25, -0.2) is 4.79 Å². The second kappa shape index (κ2) is 6.02. The van der Waals surface area contributed by atoms with Crippen molar-refractivity contribution in [3.05, 3.63) is 23.9 Å². The first-order valence-corrected chi connectivity index (χ1v) is 7.70. The van der Waals surface area contributed by atoms with Crippen molar-refractivity contribution in [3.63, 3.8) is 0 Å². The van der Waals surface area contributed by atoms with Crippen molar-refractivity contribution in [2.75, 3.05) is 14.2 Å². The van der Waals surface area contributed by atoms with Gasteiger partial charge in [0.05, 0.1) is 25.8 Å². The van der Waals surface area contributed by atoms with Crippen molar-refractivity contribution < 1.29 is 19.1 Å². The molecule has 122 valence electrons. The third kappa shape index (κ3) is 2.81. The highest BCUT2D eigenvalue weighted by Crippen LogP contribution is 2.33. The highest BCUT2D eigenvalue weighted by Gasteiger charge is 2.28. The summed E-state index contributed by atoms with van der Waals surface area (Å²) < 4.78 is 12.0. The van der Waals surface area contributed by atoms with Crippen LogP contribution in [0.3, 0.4) is 0 Å². The first-order valence-electron chi connectivity index (χ1n) is 7.70. The van der Waals surface area contributed by atoms with Crippen molar-refractivity contribution in [3.8, 4) is 5.75 Å². The fraction of sp³-hybridized carbons (Fsp3) is 0.471. The van der Waals surface area contributed by atoms with Crippen LogP contribution in [0.25, 0.3) is 10.9 Å². The molecule has 0 N–H and O–H groups in total. The largest absolute Gasteiger partial charge is 0.496 e. The van der Waals surface area contributed by atoms with Crippen molar-refractivity contribution in [2.45, 2.75) is 32.2 Å². The van der Waals surface area contributed by atoms with Gasteiger partial charge in [0.2, 0.25) is 0 Å². The van der Waals surface area contributed by atoms with Gasteiger partial charge in [-0.3, -0.25) is 9.48 Å². The number of fused-ring (bicyclic) bond motifs is 1. The first-order chi connectivity index (χ1) is 11.0. The molecule has 2 aromatic rings. The fourth-order valence-corrected chi connectivity index (χ4v) is 3.26. The quantitative estimate of drug-likeness (QED) is 0.814. The number of aromatic nitrogens is 2. The van der Waals surface area contributed by atoms with E-state index in [1.165, 1.54) is 14.2 Å². The zero-order valence-electron chi connectivity index (χ0n) is 13.5. The number of nitrogens with zero attached hydrogens (tertiary/aromatic N) is 2. The van der Waals surface area contributed by atoms with Gasteiger partial charge in [-0.1, -0.05) is 6.92 Å². The van der Waals surface area contributed by atoms with E-state index >= 15 is 0 Å². The lowest BCUT2D eigenvalue weighted by Gasteiger charge is -2.28. The monoisotopic (exact) mass is 316 g/mol. The molecule has 0 bridgehead atoms. The van der Waals surface area contributed by atoms with Crippen LogP contribution < -0.4 is 4.74 Å². The van der Waals surface area contributed by atoms with E-state index in [0.29, 0.717) is 29.9 Å². The molecule has 1 heterocycles. The van der Waals surface area contributed by atoms with E-state index < -0.39 is 5.97 Å². The van der Waals surface area contributed by atoms with Gasteiger partial charge in [-0.05, 0) is 18.4 Å². The van der Waals surface area contributed by atoms with E-state index in [2.05, 4.69) is 12.0 Å². The van der Waals surface area contributed by atoms with Crippen LogP contribution in [0.4, 0.5) is 0 Å². The first kappa shape index (κ1) is 15.5. The molecule has 1 aliphatic carbocycles. The summed E-state index contributed by atoms with van der Waals surface area (Å²) in [5.74, 6) is 0.585. The standard InChI is InChI=1S/C17H20N2O4/c1-10-6-12(20)4-5-15(10)19-9-11-7-13(17(21)23-3)16(22-2)8-14(11)18-19/h7-10,15H,4-6H2,1-3H3/t10-,15-/m1/s1. The number of hydrogen-bond acceptors (Lipinski definition) is 5. The van der Waals surface area contributed by atoms with Gasteiger partial charge in [0, 0.05) is 30.5 Å². The molecule has 23 heavy (non-hydrogen) atoms. The molecule has 1 aromatic carbocycles. The highest BCUT2D eigenvalue weighted by molar-refractivity contribution is 5.97. The number of hydrogen-bond donors (Lipinski definition) is 0. The SMILES string of the molecule is COC(=O)c1cc2cn([C@@H]3CCC(=O)C[C@H]3C)nc2cc1OC. The molecule has 6 nitrogen and oxygen atoms in total. The third-order valence-electron chi connectivity index (χ3n) is 4.51. The van der Waals surface area contributed by atoms with Gasteiger partial charge >= 0.3 is 5.97 Å². The number of carbonyl (C=O) groups is 2. The van der Waals surface area contributed by atoms with E-state index in [9.17, 15) is 9.59 Å². The molecule has 1 fully saturated rings. The van der Waals surface area contributed by atoms with Crippen LogP contribution in [0.2, 0.25) is 0 Å². The summed E-state index contributed by atoms with van der Waals surface area (Å²) >= 11 is 0. The average molecular weight is 316 g/mol.